The van der Waals surface area contributed by atoms with E-state index in [1.54, 1.807) is 10.6 Å². The molecule has 1 aromatic heterocycles. The monoisotopic (exact) mass is 406 g/mol. The molecular formula is C10H4F6N4O2Se. The Morgan fingerprint density at radius 3 is 1.48 bits per heavy atom. The Morgan fingerprint density at radius 1 is 0.826 bits per heavy atom. The molecule has 23 heavy (non-hydrogen) atoms. The third-order valence-electron chi connectivity index (χ3n) is 2.43. The summed E-state index contributed by atoms with van der Waals surface area (Å²) in [4.78, 5) is 21.8. The summed E-state index contributed by atoms with van der Waals surface area (Å²) in [5.74, 6) is -4.53. The molecule has 2 amide bonds. The number of amides is 2. The van der Waals surface area contributed by atoms with Crippen molar-refractivity contribution in [1.29, 1.82) is 0 Å². The van der Waals surface area contributed by atoms with Crippen LogP contribution in [0, 0.1) is 0 Å². The van der Waals surface area contributed by atoms with Crippen molar-refractivity contribution in [3.63, 3.8) is 0 Å². The molecule has 0 aliphatic rings. The number of nitrogens with one attached hydrogen (secondary N) is 2. The van der Waals surface area contributed by atoms with Crippen LogP contribution in [0.15, 0.2) is 12.1 Å². The van der Waals surface area contributed by atoms with E-state index in [9.17, 15) is 35.9 Å². The zero-order valence-electron chi connectivity index (χ0n) is 10.5. The van der Waals surface area contributed by atoms with E-state index in [2.05, 4.69) is 7.96 Å². The fraction of sp³-hybridized carbons (Fsp3) is 0.200. The first kappa shape index (κ1) is 17.2. The molecule has 0 unspecified atom stereocenters. The summed E-state index contributed by atoms with van der Waals surface area (Å²) in [6.07, 6.45) is -10.3. The van der Waals surface area contributed by atoms with Crippen molar-refractivity contribution in [2.45, 2.75) is 12.4 Å². The predicted molar refractivity (Wildman–Crippen MR) is 65.8 cm³/mol. The maximum absolute atomic E-state index is 12.2. The van der Waals surface area contributed by atoms with Crippen LogP contribution in [-0.2, 0) is 9.59 Å². The molecule has 0 atom stereocenters. The van der Waals surface area contributed by atoms with Crippen LogP contribution < -0.4 is 10.6 Å². The van der Waals surface area contributed by atoms with Gasteiger partial charge in [-0.1, -0.05) is 0 Å². The second kappa shape index (κ2) is 5.81. The van der Waals surface area contributed by atoms with Crippen molar-refractivity contribution in [1.82, 2.24) is 7.96 Å². The molecule has 0 aliphatic carbocycles. The van der Waals surface area contributed by atoms with Crippen LogP contribution in [0.5, 0.6) is 0 Å². The summed E-state index contributed by atoms with van der Waals surface area (Å²) in [6, 6.07) is 1.80. The molecule has 0 bridgehead atoms. The average Bonchev–Trinajstić information content (AvgIpc) is 2.88. The second-order valence-electron chi connectivity index (χ2n) is 4.03. The van der Waals surface area contributed by atoms with Crippen molar-refractivity contribution in [2.75, 3.05) is 10.6 Å². The molecule has 0 fully saturated rings. The number of hydrogen-bond donors (Lipinski definition) is 2. The minimum atomic E-state index is -5.14. The molecule has 6 nitrogen and oxygen atoms in total. The molecule has 0 radical (unpaired) electrons. The molecule has 1 aromatic carbocycles. The third kappa shape index (κ3) is 3.79. The molecule has 1 heterocycles. The summed E-state index contributed by atoms with van der Waals surface area (Å²) < 4.78 is 80.8. The Hall–Kier alpha value is -2.14. The van der Waals surface area contributed by atoms with E-state index in [1.165, 1.54) is 0 Å². The first-order chi connectivity index (χ1) is 10.5. The van der Waals surface area contributed by atoms with Gasteiger partial charge in [-0.3, -0.25) is 0 Å². The van der Waals surface area contributed by atoms with Gasteiger partial charge in [0.2, 0.25) is 0 Å². The quantitative estimate of drug-likeness (QED) is 0.589. The van der Waals surface area contributed by atoms with E-state index in [4.69, 9.17) is 0 Å². The number of carbonyl (C=O) groups is 2. The normalized spacial score (nSPS) is 12.3. The fourth-order valence-electron chi connectivity index (χ4n) is 1.45. The summed E-state index contributed by atoms with van der Waals surface area (Å²) in [5.41, 5.74) is -1.17. The van der Waals surface area contributed by atoms with E-state index in [0.717, 1.165) is 12.1 Å². The zero-order valence-corrected chi connectivity index (χ0v) is 12.3. The molecule has 2 N–H and O–H groups in total. The van der Waals surface area contributed by atoms with Gasteiger partial charge in [-0.05, 0) is 0 Å². The number of nitrogens with zero attached hydrogens (tertiary/aromatic N) is 2. The maximum atomic E-state index is 12.2. The van der Waals surface area contributed by atoms with Crippen LogP contribution in [0.25, 0.3) is 11.0 Å². The van der Waals surface area contributed by atoms with Crippen molar-refractivity contribution in [2.24, 2.45) is 0 Å². The average molecular weight is 405 g/mol. The van der Waals surface area contributed by atoms with E-state index >= 15 is 0 Å². The van der Waals surface area contributed by atoms with Crippen molar-refractivity contribution in [3.05, 3.63) is 12.1 Å². The van der Waals surface area contributed by atoms with Crippen LogP contribution >= 0.6 is 0 Å². The van der Waals surface area contributed by atoms with Gasteiger partial charge >= 0.3 is 128 Å². The number of halogens is 6. The first-order valence-electron chi connectivity index (χ1n) is 5.52. The Labute approximate surface area is 129 Å². The topological polar surface area (TPSA) is 84.0 Å². The second-order valence-corrected chi connectivity index (χ2v) is 5.13. The predicted octanol–water partition coefficient (Wildman–Crippen LogP) is 1.69. The zero-order chi connectivity index (χ0) is 17.4. The SMILES string of the molecule is O=C(Nc1ccc(NC(=O)C(F)(F)F)c2n[se]nc12)C(F)(F)F. The molecule has 0 saturated heterocycles. The molecule has 0 spiro atoms. The summed E-state index contributed by atoms with van der Waals surface area (Å²) in [6.45, 7) is 0. The molecule has 0 saturated carbocycles. The van der Waals surface area contributed by atoms with Gasteiger partial charge < -0.3 is 0 Å². The van der Waals surface area contributed by atoms with Gasteiger partial charge in [0.25, 0.3) is 0 Å². The van der Waals surface area contributed by atoms with E-state index in [1.807, 2.05) is 0 Å². The Bertz CT molecular complexity index is 707. The molecule has 2 rings (SSSR count). The number of carbonyl (C=O) groups excluding carboxylic acids is 2. The van der Waals surface area contributed by atoms with Crippen molar-refractivity contribution in [3.8, 4) is 0 Å². The van der Waals surface area contributed by atoms with E-state index in [0.29, 0.717) is 0 Å². The number of rotatable bonds is 2. The van der Waals surface area contributed by atoms with Gasteiger partial charge in [0.15, 0.2) is 0 Å². The number of hydrogen-bond acceptors (Lipinski definition) is 4. The standard InChI is InChI=1S/C10H4F6N4O2Se/c11-9(12,13)7(21)17-3-1-2-4(6-5(3)19-23-20-6)18-8(22)10(14,15)16/h1-2H,(H,17,21)(H,18,22). The molecule has 0 aliphatic heterocycles. The Kier molecular flexibility index (Phi) is 4.35. The molecule has 13 heteroatoms. The Balaban J connectivity index is 2.36. The number of anilines is 2. The first-order valence-corrected chi connectivity index (χ1v) is 7.05. The number of aromatic nitrogens is 2. The van der Waals surface area contributed by atoms with Crippen LogP contribution in [0.3, 0.4) is 0 Å². The third-order valence-corrected chi connectivity index (χ3v) is 3.54. The van der Waals surface area contributed by atoms with Crippen molar-refractivity contribution >= 4 is 49.2 Å². The molecule has 124 valence electrons. The van der Waals surface area contributed by atoms with Crippen LogP contribution in [0.4, 0.5) is 37.7 Å². The minimum absolute atomic E-state index is 0.220. The van der Waals surface area contributed by atoms with Crippen LogP contribution in [0.2, 0.25) is 0 Å². The van der Waals surface area contributed by atoms with Gasteiger partial charge in [0, 0.05) is 0 Å². The molecular weight excluding hydrogens is 401 g/mol. The fourth-order valence-corrected chi connectivity index (χ4v) is 2.66. The number of fused-ring (bicyclic) bond motifs is 1. The Morgan fingerprint density at radius 2 is 1.17 bits per heavy atom. The van der Waals surface area contributed by atoms with Gasteiger partial charge in [-0.15, -0.1) is 0 Å². The summed E-state index contributed by atoms with van der Waals surface area (Å²) in [7, 11) is 0. The van der Waals surface area contributed by atoms with Crippen molar-refractivity contribution < 1.29 is 35.9 Å². The van der Waals surface area contributed by atoms with Gasteiger partial charge in [-0.2, -0.15) is 0 Å². The van der Waals surface area contributed by atoms with Gasteiger partial charge in [-0.25, -0.2) is 0 Å². The number of benzene rings is 1. The van der Waals surface area contributed by atoms with Gasteiger partial charge in [0.1, 0.15) is 0 Å². The molecule has 2 aromatic rings. The van der Waals surface area contributed by atoms with Crippen LogP contribution in [-0.4, -0.2) is 47.1 Å². The van der Waals surface area contributed by atoms with Gasteiger partial charge in [0.05, 0.1) is 0 Å². The van der Waals surface area contributed by atoms with Crippen LogP contribution in [0.1, 0.15) is 0 Å². The summed E-state index contributed by atoms with van der Waals surface area (Å²) in [5, 5.41) is 3.10. The van der Waals surface area contributed by atoms with E-state index < -0.39 is 39.1 Å². The summed E-state index contributed by atoms with van der Waals surface area (Å²) >= 11 is -0.820. The van der Waals surface area contributed by atoms with E-state index in [-0.39, 0.29) is 22.4 Å². The number of alkyl halides is 6.